The molecule has 1 aromatic heterocycles. The SMILES string of the molecule is CNc1nccnc1-c1c(OC)cc(OC)cc1OC. The van der Waals surface area contributed by atoms with Gasteiger partial charge >= 0.3 is 0 Å². The summed E-state index contributed by atoms with van der Waals surface area (Å²) in [6.07, 6.45) is 3.25. The molecule has 6 nitrogen and oxygen atoms in total. The largest absolute Gasteiger partial charge is 0.496 e. The van der Waals surface area contributed by atoms with Crippen LogP contribution in [0.1, 0.15) is 0 Å². The Hall–Kier alpha value is -2.50. The summed E-state index contributed by atoms with van der Waals surface area (Å²) in [4.78, 5) is 8.62. The van der Waals surface area contributed by atoms with Gasteiger partial charge in [-0.1, -0.05) is 0 Å². The smallest absolute Gasteiger partial charge is 0.152 e. The summed E-state index contributed by atoms with van der Waals surface area (Å²) in [6.45, 7) is 0. The minimum Gasteiger partial charge on any atom is -0.496 e. The Balaban J connectivity index is 2.71. The first-order valence-electron chi connectivity index (χ1n) is 6.04. The first kappa shape index (κ1) is 13.9. The summed E-state index contributed by atoms with van der Waals surface area (Å²) >= 11 is 0. The van der Waals surface area contributed by atoms with E-state index in [9.17, 15) is 0 Å². The second-order valence-corrected chi connectivity index (χ2v) is 3.91. The van der Waals surface area contributed by atoms with Crippen molar-refractivity contribution in [2.75, 3.05) is 33.7 Å². The van der Waals surface area contributed by atoms with Gasteiger partial charge in [0, 0.05) is 31.6 Å². The number of rotatable bonds is 5. The summed E-state index contributed by atoms with van der Waals surface area (Å²) < 4.78 is 16.1. The zero-order chi connectivity index (χ0) is 14.5. The number of ether oxygens (including phenoxy) is 3. The highest BCUT2D eigenvalue weighted by Gasteiger charge is 2.19. The zero-order valence-electron chi connectivity index (χ0n) is 11.9. The van der Waals surface area contributed by atoms with E-state index in [1.165, 1.54) is 0 Å². The highest BCUT2D eigenvalue weighted by atomic mass is 16.5. The molecule has 0 unspecified atom stereocenters. The Morgan fingerprint density at radius 3 is 2.00 bits per heavy atom. The monoisotopic (exact) mass is 275 g/mol. The van der Waals surface area contributed by atoms with E-state index in [0.717, 1.165) is 5.56 Å². The maximum absolute atomic E-state index is 5.43. The molecule has 0 bridgehead atoms. The van der Waals surface area contributed by atoms with E-state index in [4.69, 9.17) is 14.2 Å². The lowest BCUT2D eigenvalue weighted by molar-refractivity contribution is 0.377. The van der Waals surface area contributed by atoms with Crippen molar-refractivity contribution in [1.82, 2.24) is 9.97 Å². The molecule has 0 amide bonds. The first-order valence-corrected chi connectivity index (χ1v) is 6.04. The third-order valence-corrected chi connectivity index (χ3v) is 2.89. The van der Waals surface area contributed by atoms with Crippen LogP contribution in [0.3, 0.4) is 0 Å². The van der Waals surface area contributed by atoms with E-state index in [2.05, 4.69) is 15.3 Å². The molecule has 0 saturated heterocycles. The first-order chi connectivity index (χ1) is 9.74. The Labute approximate surface area is 117 Å². The van der Waals surface area contributed by atoms with Gasteiger partial charge in [0.1, 0.15) is 22.9 Å². The highest BCUT2D eigenvalue weighted by molar-refractivity contribution is 5.82. The molecule has 0 aliphatic carbocycles. The lowest BCUT2D eigenvalue weighted by Gasteiger charge is -2.16. The molecular weight excluding hydrogens is 258 g/mol. The summed E-state index contributed by atoms with van der Waals surface area (Å²) in [5.74, 6) is 2.52. The van der Waals surface area contributed by atoms with Crippen molar-refractivity contribution in [1.29, 1.82) is 0 Å². The third kappa shape index (κ3) is 2.45. The quantitative estimate of drug-likeness (QED) is 0.902. The standard InChI is InChI=1S/C14H17N3O3/c1-15-14-13(16-5-6-17-14)12-10(19-3)7-9(18-2)8-11(12)20-4/h5-8H,1-4H3,(H,15,17). The fourth-order valence-corrected chi connectivity index (χ4v) is 1.94. The van der Waals surface area contributed by atoms with Crippen LogP contribution in [0.25, 0.3) is 11.3 Å². The van der Waals surface area contributed by atoms with Gasteiger partial charge in [0.05, 0.1) is 26.9 Å². The van der Waals surface area contributed by atoms with E-state index in [1.807, 2.05) is 0 Å². The molecule has 0 radical (unpaired) electrons. The Bertz CT molecular complexity index is 577. The van der Waals surface area contributed by atoms with Crippen molar-refractivity contribution in [2.24, 2.45) is 0 Å². The van der Waals surface area contributed by atoms with Crippen LogP contribution < -0.4 is 19.5 Å². The van der Waals surface area contributed by atoms with Crippen molar-refractivity contribution in [2.45, 2.75) is 0 Å². The van der Waals surface area contributed by atoms with Gasteiger partial charge in [-0.25, -0.2) is 4.98 Å². The number of nitrogens with zero attached hydrogens (tertiary/aromatic N) is 2. The summed E-state index contributed by atoms with van der Waals surface area (Å²) in [5, 5.41) is 3.01. The van der Waals surface area contributed by atoms with E-state index in [0.29, 0.717) is 28.8 Å². The molecule has 0 atom stereocenters. The molecule has 2 aromatic rings. The third-order valence-electron chi connectivity index (χ3n) is 2.89. The minimum atomic E-state index is 0.609. The zero-order valence-corrected chi connectivity index (χ0v) is 11.9. The summed E-state index contributed by atoms with van der Waals surface area (Å²) in [7, 11) is 6.56. The molecule has 2 rings (SSSR count). The van der Waals surface area contributed by atoms with E-state index in [-0.39, 0.29) is 0 Å². The second kappa shape index (κ2) is 6.10. The van der Waals surface area contributed by atoms with Crippen molar-refractivity contribution >= 4 is 5.82 Å². The molecule has 1 heterocycles. The number of hydrogen-bond donors (Lipinski definition) is 1. The van der Waals surface area contributed by atoms with Crippen LogP contribution in [0, 0.1) is 0 Å². The topological polar surface area (TPSA) is 65.5 Å². The van der Waals surface area contributed by atoms with E-state index >= 15 is 0 Å². The molecule has 0 aliphatic rings. The lowest BCUT2D eigenvalue weighted by Crippen LogP contribution is -2.01. The number of anilines is 1. The van der Waals surface area contributed by atoms with Crippen LogP contribution in [0.5, 0.6) is 17.2 Å². The summed E-state index contributed by atoms with van der Waals surface area (Å²) in [5.41, 5.74) is 1.39. The van der Waals surface area contributed by atoms with Crippen LogP contribution in [0.4, 0.5) is 5.82 Å². The predicted molar refractivity (Wildman–Crippen MR) is 76.7 cm³/mol. The number of nitrogens with one attached hydrogen (secondary N) is 1. The molecule has 6 heteroatoms. The van der Waals surface area contributed by atoms with Crippen LogP contribution in [0.15, 0.2) is 24.5 Å². The fraction of sp³-hybridized carbons (Fsp3) is 0.286. The number of methoxy groups -OCH3 is 3. The normalized spacial score (nSPS) is 10.0. The van der Waals surface area contributed by atoms with Gasteiger partial charge in [0.15, 0.2) is 5.82 Å². The number of aromatic nitrogens is 2. The van der Waals surface area contributed by atoms with Gasteiger partial charge in [0.2, 0.25) is 0 Å². The van der Waals surface area contributed by atoms with Gasteiger partial charge in [-0.3, -0.25) is 4.98 Å². The van der Waals surface area contributed by atoms with Gasteiger partial charge in [-0.15, -0.1) is 0 Å². The number of benzene rings is 1. The maximum atomic E-state index is 5.43. The molecule has 1 N–H and O–H groups in total. The molecule has 106 valence electrons. The molecule has 0 fully saturated rings. The molecule has 0 aliphatic heterocycles. The molecule has 0 spiro atoms. The Morgan fingerprint density at radius 1 is 0.900 bits per heavy atom. The molecule has 0 saturated carbocycles. The predicted octanol–water partition coefficient (Wildman–Crippen LogP) is 2.21. The van der Waals surface area contributed by atoms with Gasteiger partial charge in [-0.2, -0.15) is 0 Å². The minimum absolute atomic E-state index is 0.609. The summed E-state index contributed by atoms with van der Waals surface area (Å²) in [6, 6.07) is 3.57. The average Bonchev–Trinajstić information content (AvgIpc) is 2.53. The van der Waals surface area contributed by atoms with Gasteiger partial charge in [-0.05, 0) is 0 Å². The molecular formula is C14H17N3O3. The number of hydrogen-bond acceptors (Lipinski definition) is 6. The Morgan fingerprint density at radius 2 is 1.50 bits per heavy atom. The van der Waals surface area contributed by atoms with Crippen LogP contribution in [0.2, 0.25) is 0 Å². The lowest BCUT2D eigenvalue weighted by atomic mass is 10.1. The highest BCUT2D eigenvalue weighted by Crippen LogP contribution is 2.42. The van der Waals surface area contributed by atoms with Crippen LogP contribution in [-0.4, -0.2) is 38.3 Å². The second-order valence-electron chi connectivity index (χ2n) is 3.91. The fourth-order valence-electron chi connectivity index (χ4n) is 1.94. The molecule has 1 aromatic carbocycles. The van der Waals surface area contributed by atoms with Crippen molar-refractivity contribution in [3.63, 3.8) is 0 Å². The van der Waals surface area contributed by atoms with Crippen molar-refractivity contribution < 1.29 is 14.2 Å². The average molecular weight is 275 g/mol. The Kier molecular flexibility index (Phi) is 4.24. The van der Waals surface area contributed by atoms with Crippen LogP contribution in [-0.2, 0) is 0 Å². The van der Waals surface area contributed by atoms with Crippen molar-refractivity contribution in [3.8, 4) is 28.5 Å². The van der Waals surface area contributed by atoms with Gasteiger partial charge < -0.3 is 19.5 Å². The van der Waals surface area contributed by atoms with Crippen molar-refractivity contribution in [3.05, 3.63) is 24.5 Å². The molecule has 20 heavy (non-hydrogen) atoms. The van der Waals surface area contributed by atoms with Gasteiger partial charge in [0.25, 0.3) is 0 Å². The van der Waals surface area contributed by atoms with E-state index in [1.54, 1.807) is 52.9 Å². The van der Waals surface area contributed by atoms with Crippen LogP contribution >= 0.6 is 0 Å². The maximum Gasteiger partial charge on any atom is 0.152 e. The van der Waals surface area contributed by atoms with E-state index < -0.39 is 0 Å².